The Bertz CT molecular complexity index is 1010. The highest BCUT2D eigenvalue weighted by molar-refractivity contribution is 7.14. The first-order valence-electron chi connectivity index (χ1n) is 7.82. The van der Waals surface area contributed by atoms with Crippen molar-refractivity contribution in [3.8, 4) is 11.3 Å². The van der Waals surface area contributed by atoms with Crippen LogP contribution >= 0.6 is 11.3 Å². The van der Waals surface area contributed by atoms with E-state index in [-0.39, 0.29) is 17.5 Å². The van der Waals surface area contributed by atoms with Crippen LogP contribution in [-0.4, -0.2) is 21.7 Å². The standard InChI is InChI=1S/C18H14N4O4S/c1-11(23)19-18-21-16(10-27-18)13-3-2-4-14(9-13)20-17(24)12-5-7-15(8-6-12)22(25)26/h2-10H,1H3,(H,20,24)(H,19,21,23). The quantitative estimate of drug-likeness (QED) is 0.512. The van der Waals surface area contributed by atoms with Crippen LogP contribution in [0.25, 0.3) is 11.3 Å². The number of hydrogen-bond acceptors (Lipinski definition) is 6. The van der Waals surface area contributed by atoms with Crippen LogP contribution in [-0.2, 0) is 4.79 Å². The lowest BCUT2D eigenvalue weighted by atomic mass is 10.1. The molecule has 0 bridgehead atoms. The van der Waals surface area contributed by atoms with Crippen LogP contribution in [0.5, 0.6) is 0 Å². The molecule has 2 amide bonds. The lowest BCUT2D eigenvalue weighted by Crippen LogP contribution is -2.11. The number of carbonyl (C=O) groups excluding carboxylic acids is 2. The van der Waals surface area contributed by atoms with Crippen molar-refractivity contribution in [2.75, 3.05) is 10.6 Å². The lowest BCUT2D eigenvalue weighted by Gasteiger charge is -2.06. The first-order chi connectivity index (χ1) is 12.9. The maximum atomic E-state index is 12.3. The maximum Gasteiger partial charge on any atom is 0.269 e. The summed E-state index contributed by atoms with van der Waals surface area (Å²) in [5, 5.41) is 18.4. The highest BCUT2D eigenvalue weighted by Gasteiger charge is 2.11. The summed E-state index contributed by atoms with van der Waals surface area (Å²) >= 11 is 1.31. The number of anilines is 2. The molecule has 0 atom stereocenters. The van der Waals surface area contributed by atoms with Gasteiger partial charge in [0.15, 0.2) is 5.13 Å². The van der Waals surface area contributed by atoms with Gasteiger partial charge in [0.2, 0.25) is 5.91 Å². The summed E-state index contributed by atoms with van der Waals surface area (Å²) in [6, 6.07) is 12.5. The van der Waals surface area contributed by atoms with Gasteiger partial charge in [-0.2, -0.15) is 0 Å². The Hall–Kier alpha value is -3.59. The van der Waals surface area contributed by atoms with E-state index in [2.05, 4.69) is 15.6 Å². The molecule has 8 nitrogen and oxygen atoms in total. The molecule has 2 N–H and O–H groups in total. The summed E-state index contributed by atoms with van der Waals surface area (Å²) in [5.41, 5.74) is 2.25. The Labute approximate surface area is 158 Å². The smallest absolute Gasteiger partial charge is 0.269 e. The van der Waals surface area contributed by atoms with Gasteiger partial charge in [0.05, 0.1) is 10.6 Å². The number of amides is 2. The molecular formula is C18H14N4O4S. The van der Waals surface area contributed by atoms with E-state index in [0.29, 0.717) is 22.1 Å². The van der Waals surface area contributed by atoms with Crippen molar-refractivity contribution in [3.05, 3.63) is 69.6 Å². The number of nitrogens with one attached hydrogen (secondary N) is 2. The fourth-order valence-corrected chi connectivity index (χ4v) is 3.07. The molecule has 1 aromatic heterocycles. The third-order valence-corrected chi connectivity index (χ3v) is 4.30. The topological polar surface area (TPSA) is 114 Å². The van der Waals surface area contributed by atoms with Gasteiger partial charge < -0.3 is 10.6 Å². The van der Waals surface area contributed by atoms with Crippen LogP contribution in [0.15, 0.2) is 53.9 Å². The molecule has 0 saturated carbocycles. The second-order valence-electron chi connectivity index (χ2n) is 5.56. The van der Waals surface area contributed by atoms with Gasteiger partial charge in [-0.15, -0.1) is 11.3 Å². The largest absolute Gasteiger partial charge is 0.322 e. The van der Waals surface area contributed by atoms with Gasteiger partial charge in [0.1, 0.15) is 0 Å². The van der Waals surface area contributed by atoms with Gasteiger partial charge in [-0.25, -0.2) is 4.98 Å². The average Bonchev–Trinajstić information content (AvgIpc) is 3.10. The molecule has 3 rings (SSSR count). The van der Waals surface area contributed by atoms with Gasteiger partial charge in [0.25, 0.3) is 11.6 Å². The van der Waals surface area contributed by atoms with E-state index in [1.165, 1.54) is 42.5 Å². The van der Waals surface area contributed by atoms with Crippen LogP contribution in [0, 0.1) is 10.1 Å². The molecule has 1 heterocycles. The van der Waals surface area contributed by atoms with E-state index < -0.39 is 4.92 Å². The number of thiazole rings is 1. The van der Waals surface area contributed by atoms with Crippen molar-refractivity contribution in [2.45, 2.75) is 6.92 Å². The van der Waals surface area contributed by atoms with Gasteiger partial charge in [-0.05, 0) is 24.3 Å². The highest BCUT2D eigenvalue weighted by Crippen LogP contribution is 2.27. The number of nitrogens with zero attached hydrogens (tertiary/aromatic N) is 2. The number of nitro benzene ring substituents is 1. The molecule has 0 unspecified atom stereocenters. The van der Waals surface area contributed by atoms with Gasteiger partial charge in [0, 0.05) is 41.3 Å². The molecule has 0 fully saturated rings. The molecule has 2 aromatic carbocycles. The van der Waals surface area contributed by atoms with Crippen molar-refractivity contribution in [2.24, 2.45) is 0 Å². The number of hydrogen-bond donors (Lipinski definition) is 2. The lowest BCUT2D eigenvalue weighted by molar-refractivity contribution is -0.384. The molecule has 0 aliphatic carbocycles. The summed E-state index contributed by atoms with van der Waals surface area (Å²) < 4.78 is 0. The van der Waals surface area contributed by atoms with Crippen LogP contribution in [0.3, 0.4) is 0 Å². The van der Waals surface area contributed by atoms with E-state index in [1.54, 1.807) is 18.2 Å². The monoisotopic (exact) mass is 382 g/mol. The SMILES string of the molecule is CC(=O)Nc1nc(-c2cccc(NC(=O)c3ccc([N+](=O)[O-])cc3)c2)cs1. The third-order valence-electron chi connectivity index (χ3n) is 3.54. The number of carbonyl (C=O) groups is 2. The van der Waals surface area contributed by atoms with Crippen molar-refractivity contribution < 1.29 is 14.5 Å². The van der Waals surface area contributed by atoms with Gasteiger partial charge in [-0.3, -0.25) is 19.7 Å². The fourth-order valence-electron chi connectivity index (χ4n) is 2.31. The van der Waals surface area contributed by atoms with E-state index >= 15 is 0 Å². The summed E-state index contributed by atoms with van der Waals surface area (Å²) in [4.78, 5) is 37.9. The van der Waals surface area contributed by atoms with Gasteiger partial charge in [-0.1, -0.05) is 12.1 Å². The Kier molecular flexibility index (Phi) is 5.23. The molecular weight excluding hydrogens is 368 g/mol. The zero-order valence-corrected chi connectivity index (χ0v) is 14.9. The predicted octanol–water partition coefficient (Wildman–Crippen LogP) is 3.93. The van der Waals surface area contributed by atoms with E-state index in [4.69, 9.17) is 0 Å². The second kappa shape index (κ2) is 7.75. The minimum absolute atomic E-state index is 0.0768. The Morgan fingerprint density at radius 3 is 2.52 bits per heavy atom. The molecule has 0 aliphatic heterocycles. The zero-order valence-electron chi connectivity index (χ0n) is 14.1. The Balaban J connectivity index is 1.75. The molecule has 0 aliphatic rings. The van der Waals surface area contributed by atoms with Gasteiger partial charge >= 0.3 is 0 Å². The minimum atomic E-state index is -0.520. The molecule has 27 heavy (non-hydrogen) atoms. The first kappa shape index (κ1) is 18.2. The normalized spacial score (nSPS) is 10.3. The number of rotatable bonds is 5. The van der Waals surface area contributed by atoms with Crippen LogP contribution < -0.4 is 10.6 Å². The van der Waals surface area contributed by atoms with Crippen LogP contribution in [0.1, 0.15) is 17.3 Å². The Morgan fingerprint density at radius 1 is 1.11 bits per heavy atom. The highest BCUT2D eigenvalue weighted by atomic mass is 32.1. The fraction of sp³-hybridized carbons (Fsp3) is 0.0556. The summed E-state index contributed by atoms with van der Waals surface area (Å²) in [5.74, 6) is -0.570. The summed E-state index contributed by atoms with van der Waals surface area (Å²) in [6.45, 7) is 1.41. The van der Waals surface area contributed by atoms with E-state index in [9.17, 15) is 19.7 Å². The third kappa shape index (κ3) is 4.53. The van der Waals surface area contributed by atoms with Crippen molar-refractivity contribution in [1.29, 1.82) is 0 Å². The summed E-state index contributed by atoms with van der Waals surface area (Å²) in [7, 11) is 0. The number of benzene rings is 2. The summed E-state index contributed by atoms with van der Waals surface area (Å²) in [6.07, 6.45) is 0. The minimum Gasteiger partial charge on any atom is -0.322 e. The van der Waals surface area contributed by atoms with Crippen molar-refractivity contribution in [1.82, 2.24) is 4.98 Å². The molecule has 136 valence electrons. The zero-order chi connectivity index (χ0) is 19.4. The van der Waals surface area contributed by atoms with Crippen molar-refractivity contribution in [3.63, 3.8) is 0 Å². The molecule has 0 spiro atoms. The molecule has 0 saturated heterocycles. The van der Waals surface area contributed by atoms with Crippen LogP contribution in [0.4, 0.5) is 16.5 Å². The van der Waals surface area contributed by atoms with Crippen LogP contribution in [0.2, 0.25) is 0 Å². The van der Waals surface area contributed by atoms with E-state index in [0.717, 1.165) is 5.56 Å². The number of aromatic nitrogens is 1. The second-order valence-corrected chi connectivity index (χ2v) is 6.42. The van der Waals surface area contributed by atoms with Crippen molar-refractivity contribution >= 4 is 39.7 Å². The molecule has 0 radical (unpaired) electrons. The predicted molar refractivity (Wildman–Crippen MR) is 103 cm³/mol. The average molecular weight is 382 g/mol. The molecule has 3 aromatic rings. The number of non-ortho nitro benzene ring substituents is 1. The van der Waals surface area contributed by atoms with E-state index in [1.807, 2.05) is 11.4 Å². The molecule has 9 heteroatoms. The maximum absolute atomic E-state index is 12.3. The Morgan fingerprint density at radius 2 is 1.85 bits per heavy atom. The first-order valence-corrected chi connectivity index (χ1v) is 8.70. The number of nitro groups is 1.